The fraction of sp³-hybridized carbons (Fsp3) is 0.400. The molecule has 3 heteroatoms. The lowest BCUT2D eigenvalue weighted by Gasteiger charge is -2.33. The van der Waals surface area contributed by atoms with Crippen LogP contribution in [0.1, 0.15) is 30.5 Å². The predicted molar refractivity (Wildman–Crippen MR) is 99.5 cm³/mol. The summed E-state index contributed by atoms with van der Waals surface area (Å²) >= 11 is 0. The second kappa shape index (κ2) is 8.70. The molecule has 1 unspecified atom stereocenters. The SMILES string of the molecule is CCN(CC)C(NCc1ccccc1)Nc1c(C)cccc1C. The first-order chi connectivity index (χ1) is 11.2. The van der Waals surface area contributed by atoms with E-state index >= 15 is 0 Å². The van der Waals surface area contributed by atoms with Crippen LogP contribution in [0.2, 0.25) is 0 Å². The van der Waals surface area contributed by atoms with Crippen molar-refractivity contribution in [3.05, 3.63) is 65.2 Å². The number of hydrogen-bond donors (Lipinski definition) is 2. The summed E-state index contributed by atoms with van der Waals surface area (Å²) in [4.78, 5) is 2.40. The topological polar surface area (TPSA) is 27.3 Å². The van der Waals surface area contributed by atoms with Crippen LogP contribution in [0.5, 0.6) is 0 Å². The monoisotopic (exact) mass is 311 g/mol. The molecule has 1 atom stereocenters. The van der Waals surface area contributed by atoms with Crippen molar-refractivity contribution in [3.8, 4) is 0 Å². The minimum Gasteiger partial charge on any atom is -0.357 e. The van der Waals surface area contributed by atoms with Crippen molar-refractivity contribution in [2.45, 2.75) is 40.5 Å². The normalized spacial score (nSPS) is 12.4. The van der Waals surface area contributed by atoms with Crippen LogP contribution in [0.4, 0.5) is 5.69 Å². The van der Waals surface area contributed by atoms with Crippen LogP contribution in [0, 0.1) is 13.8 Å². The zero-order valence-corrected chi connectivity index (χ0v) is 14.8. The lowest BCUT2D eigenvalue weighted by atomic mass is 10.1. The van der Waals surface area contributed by atoms with E-state index in [1.165, 1.54) is 22.4 Å². The second-order valence-electron chi connectivity index (χ2n) is 5.90. The van der Waals surface area contributed by atoms with Crippen LogP contribution >= 0.6 is 0 Å². The zero-order chi connectivity index (χ0) is 16.7. The highest BCUT2D eigenvalue weighted by Crippen LogP contribution is 2.20. The van der Waals surface area contributed by atoms with Gasteiger partial charge in [-0.15, -0.1) is 0 Å². The van der Waals surface area contributed by atoms with Gasteiger partial charge in [-0.3, -0.25) is 10.2 Å². The van der Waals surface area contributed by atoms with Gasteiger partial charge in [-0.25, -0.2) is 0 Å². The van der Waals surface area contributed by atoms with Gasteiger partial charge in [0.1, 0.15) is 6.29 Å². The molecule has 2 aromatic carbocycles. The maximum Gasteiger partial charge on any atom is 0.135 e. The summed E-state index contributed by atoms with van der Waals surface area (Å²) in [5.41, 5.74) is 5.09. The molecule has 2 rings (SSSR count). The van der Waals surface area contributed by atoms with E-state index in [9.17, 15) is 0 Å². The number of benzene rings is 2. The summed E-state index contributed by atoms with van der Waals surface area (Å²) in [6.45, 7) is 11.6. The molecule has 0 saturated carbocycles. The third-order valence-electron chi connectivity index (χ3n) is 4.28. The summed E-state index contributed by atoms with van der Waals surface area (Å²) in [6, 6.07) is 17.0. The molecule has 0 aliphatic heterocycles. The standard InChI is InChI=1S/C20H29N3/c1-5-23(6-2)20(21-15-18-13-8-7-9-14-18)22-19-16(3)11-10-12-17(19)4/h7-14,20-22H,5-6,15H2,1-4H3. The molecular weight excluding hydrogens is 282 g/mol. The molecule has 2 N–H and O–H groups in total. The molecule has 0 aliphatic carbocycles. The molecule has 0 amide bonds. The number of hydrogen-bond acceptors (Lipinski definition) is 3. The Labute approximate surface area is 140 Å². The first kappa shape index (κ1) is 17.5. The quantitative estimate of drug-likeness (QED) is 0.718. The predicted octanol–water partition coefficient (Wildman–Crippen LogP) is 4.13. The third-order valence-corrected chi connectivity index (χ3v) is 4.28. The minimum absolute atomic E-state index is 0.116. The van der Waals surface area contributed by atoms with Crippen LogP contribution in [0.25, 0.3) is 0 Å². The third kappa shape index (κ3) is 4.81. The molecule has 0 radical (unpaired) electrons. The molecule has 0 aliphatic rings. The molecule has 2 aromatic rings. The summed E-state index contributed by atoms with van der Waals surface area (Å²) in [5.74, 6) is 0. The molecule has 0 saturated heterocycles. The van der Waals surface area contributed by atoms with E-state index in [1.807, 2.05) is 0 Å². The van der Waals surface area contributed by atoms with E-state index in [-0.39, 0.29) is 6.29 Å². The van der Waals surface area contributed by atoms with Gasteiger partial charge in [-0.05, 0) is 43.6 Å². The van der Waals surface area contributed by atoms with E-state index in [1.54, 1.807) is 0 Å². The highest BCUT2D eigenvalue weighted by atomic mass is 15.4. The lowest BCUT2D eigenvalue weighted by molar-refractivity contribution is 0.202. The molecular formula is C20H29N3. The fourth-order valence-electron chi connectivity index (χ4n) is 2.85. The van der Waals surface area contributed by atoms with Crippen LogP contribution in [-0.2, 0) is 6.54 Å². The lowest BCUT2D eigenvalue weighted by Crippen LogP contribution is -2.50. The number of aryl methyl sites for hydroxylation is 2. The van der Waals surface area contributed by atoms with Crippen LogP contribution in [0.3, 0.4) is 0 Å². The van der Waals surface area contributed by atoms with Crippen molar-refractivity contribution in [3.63, 3.8) is 0 Å². The number of anilines is 1. The van der Waals surface area contributed by atoms with Gasteiger partial charge < -0.3 is 5.32 Å². The number of rotatable bonds is 8. The van der Waals surface area contributed by atoms with Crippen molar-refractivity contribution >= 4 is 5.69 Å². The van der Waals surface area contributed by atoms with E-state index in [4.69, 9.17) is 0 Å². The number of para-hydroxylation sites is 1. The maximum atomic E-state index is 3.70. The van der Waals surface area contributed by atoms with Gasteiger partial charge >= 0.3 is 0 Å². The van der Waals surface area contributed by atoms with Crippen molar-refractivity contribution < 1.29 is 0 Å². The highest BCUT2D eigenvalue weighted by molar-refractivity contribution is 5.57. The van der Waals surface area contributed by atoms with Crippen LogP contribution in [-0.4, -0.2) is 24.3 Å². The maximum absolute atomic E-state index is 3.70. The van der Waals surface area contributed by atoms with Crippen molar-refractivity contribution in [1.82, 2.24) is 10.2 Å². The molecule has 0 spiro atoms. The first-order valence-electron chi connectivity index (χ1n) is 8.49. The van der Waals surface area contributed by atoms with Crippen LogP contribution < -0.4 is 10.6 Å². The number of nitrogens with zero attached hydrogens (tertiary/aromatic N) is 1. The first-order valence-corrected chi connectivity index (χ1v) is 8.49. The Bertz CT molecular complexity index is 571. The van der Waals surface area contributed by atoms with Gasteiger partial charge in [-0.2, -0.15) is 0 Å². The Morgan fingerprint density at radius 3 is 2.04 bits per heavy atom. The average Bonchev–Trinajstić information content (AvgIpc) is 2.57. The van der Waals surface area contributed by atoms with E-state index < -0.39 is 0 Å². The van der Waals surface area contributed by atoms with Crippen LogP contribution in [0.15, 0.2) is 48.5 Å². The Balaban J connectivity index is 2.14. The Kier molecular flexibility index (Phi) is 6.63. The summed E-state index contributed by atoms with van der Waals surface area (Å²) in [6.07, 6.45) is 0.116. The van der Waals surface area contributed by atoms with Gasteiger partial charge in [0.05, 0.1) is 0 Å². The summed E-state index contributed by atoms with van der Waals surface area (Å²) in [7, 11) is 0. The van der Waals surface area contributed by atoms with E-state index in [0.717, 1.165) is 19.6 Å². The zero-order valence-electron chi connectivity index (χ0n) is 14.8. The van der Waals surface area contributed by atoms with Crippen molar-refractivity contribution in [2.24, 2.45) is 0 Å². The molecule has 0 heterocycles. The van der Waals surface area contributed by atoms with Gasteiger partial charge in [0.25, 0.3) is 0 Å². The second-order valence-corrected chi connectivity index (χ2v) is 5.90. The van der Waals surface area contributed by atoms with Gasteiger partial charge in [0, 0.05) is 12.2 Å². The van der Waals surface area contributed by atoms with Gasteiger partial charge in [0.15, 0.2) is 0 Å². The van der Waals surface area contributed by atoms with Gasteiger partial charge in [0.2, 0.25) is 0 Å². The highest BCUT2D eigenvalue weighted by Gasteiger charge is 2.16. The smallest absolute Gasteiger partial charge is 0.135 e. The fourth-order valence-corrected chi connectivity index (χ4v) is 2.85. The van der Waals surface area contributed by atoms with Crippen molar-refractivity contribution in [1.29, 1.82) is 0 Å². The van der Waals surface area contributed by atoms with E-state index in [0.29, 0.717) is 0 Å². The molecule has 0 bridgehead atoms. The molecule has 0 aromatic heterocycles. The molecule has 0 fully saturated rings. The van der Waals surface area contributed by atoms with Gasteiger partial charge in [-0.1, -0.05) is 62.4 Å². The minimum atomic E-state index is 0.116. The average molecular weight is 311 g/mol. The molecule has 3 nitrogen and oxygen atoms in total. The summed E-state index contributed by atoms with van der Waals surface area (Å²) in [5, 5.41) is 7.36. The van der Waals surface area contributed by atoms with Crippen molar-refractivity contribution in [2.75, 3.05) is 18.4 Å². The largest absolute Gasteiger partial charge is 0.357 e. The number of nitrogens with one attached hydrogen (secondary N) is 2. The Morgan fingerprint density at radius 1 is 0.870 bits per heavy atom. The molecule has 124 valence electrons. The van der Waals surface area contributed by atoms with E-state index in [2.05, 4.69) is 91.8 Å². The Hall–Kier alpha value is -1.84. The Morgan fingerprint density at radius 2 is 1.48 bits per heavy atom. The molecule has 23 heavy (non-hydrogen) atoms. The summed E-state index contributed by atoms with van der Waals surface area (Å²) < 4.78 is 0.